The molecule has 3 N–H and O–H groups in total. The highest BCUT2D eigenvalue weighted by molar-refractivity contribution is 7.16. The second-order valence-corrected chi connectivity index (χ2v) is 11.1. The molecule has 3 unspecified atom stereocenters. The Morgan fingerprint density at radius 3 is 2.79 bits per heavy atom. The van der Waals surface area contributed by atoms with Crippen molar-refractivity contribution in [1.29, 1.82) is 0 Å². The van der Waals surface area contributed by atoms with Gasteiger partial charge < -0.3 is 20.9 Å². The maximum absolute atomic E-state index is 4.82. The number of nitrogens with one attached hydrogen (secondary N) is 3. The summed E-state index contributed by atoms with van der Waals surface area (Å²) in [7, 11) is 0. The molecule has 7 rings (SSSR count). The monoisotopic (exact) mass is 464 g/mol. The molecule has 3 aromatic rings. The van der Waals surface area contributed by atoms with Crippen LogP contribution in [0.4, 0.5) is 23.5 Å². The Bertz CT molecular complexity index is 1140. The average Bonchev–Trinajstić information content (AvgIpc) is 3.31. The first-order valence-electron chi connectivity index (χ1n) is 12.1. The number of hydrogen-bond acceptors (Lipinski definition) is 9. The van der Waals surface area contributed by atoms with Gasteiger partial charge in [-0.25, -0.2) is 4.98 Å². The predicted molar refractivity (Wildman–Crippen MR) is 134 cm³/mol. The molecule has 1 aromatic carbocycles. The van der Waals surface area contributed by atoms with Crippen molar-refractivity contribution in [3.8, 4) is 0 Å². The topological polar surface area (TPSA) is 90.9 Å². The second-order valence-electron chi connectivity index (χ2n) is 10.3. The number of aromatic nitrogens is 4. The highest BCUT2D eigenvalue weighted by Crippen LogP contribution is 2.61. The molecular formula is C24H32N8S. The van der Waals surface area contributed by atoms with Crippen molar-refractivity contribution in [2.75, 3.05) is 48.3 Å². The van der Waals surface area contributed by atoms with Crippen LogP contribution in [0, 0.1) is 23.2 Å². The highest BCUT2D eigenvalue weighted by Gasteiger charge is 2.53. The number of piperazine rings is 1. The van der Waals surface area contributed by atoms with E-state index in [-0.39, 0.29) is 0 Å². The van der Waals surface area contributed by atoms with Crippen molar-refractivity contribution in [1.82, 2.24) is 25.3 Å². The summed E-state index contributed by atoms with van der Waals surface area (Å²) >= 11 is 1.64. The van der Waals surface area contributed by atoms with Crippen LogP contribution in [0.3, 0.4) is 0 Å². The van der Waals surface area contributed by atoms with E-state index in [1.54, 1.807) is 11.3 Å². The summed E-state index contributed by atoms with van der Waals surface area (Å²) in [5, 5.41) is 10.4. The molecule has 3 heterocycles. The fourth-order valence-electron chi connectivity index (χ4n) is 6.00. The van der Waals surface area contributed by atoms with Gasteiger partial charge in [-0.15, -0.1) is 11.3 Å². The van der Waals surface area contributed by atoms with E-state index >= 15 is 0 Å². The molecule has 1 saturated heterocycles. The summed E-state index contributed by atoms with van der Waals surface area (Å²) in [6.45, 7) is 9.51. The van der Waals surface area contributed by atoms with E-state index in [0.717, 1.165) is 66.4 Å². The zero-order valence-electron chi connectivity index (χ0n) is 19.3. The Hall–Kier alpha value is -2.52. The van der Waals surface area contributed by atoms with Crippen molar-refractivity contribution in [3.63, 3.8) is 0 Å². The molecule has 0 amide bonds. The number of hydrogen-bond donors (Lipinski definition) is 3. The lowest BCUT2D eigenvalue weighted by atomic mass is 9.45. The maximum Gasteiger partial charge on any atom is 0.233 e. The molecule has 3 saturated carbocycles. The molecule has 8 nitrogen and oxygen atoms in total. The van der Waals surface area contributed by atoms with Crippen LogP contribution in [0.2, 0.25) is 0 Å². The lowest BCUT2D eigenvalue weighted by Crippen LogP contribution is -2.53. The summed E-state index contributed by atoms with van der Waals surface area (Å²) in [6.07, 6.45) is 4.04. The minimum atomic E-state index is 0.484. The number of rotatable bonds is 6. The molecule has 3 atom stereocenters. The van der Waals surface area contributed by atoms with Crippen molar-refractivity contribution < 1.29 is 0 Å². The molecule has 2 bridgehead atoms. The quantitative estimate of drug-likeness (QED) is 0.502. The maximum atomic E-state index is 4.82. The summed E-state index contributed by atoms with van der Waals surface area (Å²) in [6, 6.07) is 6.16. The number of anilines is 4. The standard InChI is InChI=1S/C24H32N8S/c1-24(2)16-4-3-15(18(24)11-16)13-26-21-29-22(31-23(30-21)32-9-7-25-8-10-32)28-17-5-6-19-20(12-17)33-14-27-19/h5-6,12,14-16,18,25H,3-4,7-11,13H2,1-2H3,(H2,26,28,29,30,31). The molecule has 9 heteroatoms. The first-order chi connectivity index (χ1) is 16.1. The van der Waals surface area contributed by atoms with Crippen LogP contribution < -0.4 is 20.9 Å². The lowest BCUT2D eigenvalue weighted by Gasteiger charge is -2.60. The van der Waals surface area contributed by atoms with Crippen LogP contribution in [0.5, 0.6) is 0 Å². The normalized spacial score (nSPS) is 26.1. The second kappa shape index (κ2) is 8.36. The molecule has 1 aliphatic heterocycles. The SMILES string of the molecule is CC1(C)C2CCC(CNc3nc(Nc4ccc5ncsc5c4)nc(N4CCNCC4)n3)C1C2. The van der Waals surface area contributed by atoms with E-state index in [1.165, 1.54) is 19.3 Å². The van der Waals surface area contributed by atoms with Crippen LogP contribution >= 0.6 is 11.3 Å². The Morgan fingerprint density at radius 1 is 1.12 bits per heavy atom. The van der Waals surface area contributed by atoms with Gasteiger partial charge in [0.2, 0.25) is 17.8 Å². The number of thiazole rings is 1. The lowest BCUT2D eigenvalue weighted by molar-refractivity contribution is -0.100. The van der Waals surface area contributed by atoms with Gasteiger partial charge in [-0.05, 0) is 60.6 Å². The van der Waals surface area contributed by atoms with Crippen LogP contribution in [0.25, 0.3) is 10.2 Å². The molecular weight excluding hydrogens is 432 g/mol. The van der Waals surface area contributed by atoms with E-state index in [4.69, 9.17) is 15.0 Å². The largest absolute Gasteiger partial charge is 0.354 e. The Kier molecular flexibility index (Phi) is 5.33. The van der Waals surface area contributed by atoms with Gasteiger partial charge in [-0.3, -0.25) is 0 Å². The van der Waals surface area contributed by atoms with E-state index in [9.17, 15) is 0 Å². The molecule has 3 aliphatic carbocycles. The Morgan fingerprint density at radius 2 is 1.97 bits per heavy atom. The predicted octanol–water partition coefficient (Wildman–Crippen LogP) is 4.12. The van der Waals surface area contributed by atoms with Gasteiger partial charge in [-0.2, -0.15) is 15.0 Å². The van der Waals surface area contributed by atoms with Crippen LogP contribution in [0.15, 0.2) is 23.7 Å². The fourth-order valence-corrected chi connectivity index (χ4v) is 6.71. The molecule has 174 valence electrons. The van der Waals surface area contributed by atoms with Crippen LogP contribution in [-0.2, 0) is 0 Å². The third-order valence-electron chi connectivity index (χ3n) is 8.13. The fraction of sp³-hybridized carbons (Fsp3) is 0.583. The first kappa shape index (κ1) is 21.0. The Labute approximate surface area is 198 Å². The smallest absolute Gasteiger partial charge is 0.233 e. The zero-order chi connectivity index (χ0) is 22.4. The van der Waals surface area contributed by atoms with E-state index in [2.05, 4.69) is 45.7 Å². The van der Waals surface area contributed by atoms with Gasteiger partial charge in [0.15, 0.2) is 0 Å². The number of fused-ring (bicyclic) bond motifs is 3. The van der Waals surface area contributed by atoms with Gasteiger partial charge >= 0.3 is 0 Å². The molecule has 4 aliphatic rings. The van der Waals surface area contributed by atoms with Crippen molar-refractivity contribution >= 4 is 45.1 Å². The Balaban J connectivity index is 1.23. The van der Waals surface area contributed by atoms with Gasteiger partial charge in [0.1, 0.15) is 0 Å². The highest BCUT2D eigenvalue weighted by atomic mass is 32.1. The summed E-state index contributed by atoms with van der Waals surface area (Å²) < 4.78 is 1.15. The summed E-state index contributed by atoms with van der Waals surface area (Å²) in [4.78, 5) is 20.9. The molecule has 0 spiro atoms. The van der Waals surface area contributed by atoms with Crippen LogP contribution in [-0.4, -0.2) is 52.7 Å². The van der Waals surface area contributed by atoms with E-state index in [1.807, 2.05) is 17.6 Å². The number of nitrogens with zero attached hydrogens (tertiary/aromatic N) is 5. The number of benzene rings is 1. The van der Waals surface area contributed by atoms with Crippen molar-refractivity contribution in [3.05, 3.63) is 23.7 Å². The van der Waals surface area contributed by atoms with Gasteiger partial charge in [0, 0.05) is 38.4 Å². The van der Waals surface area contributed by atoms with Crippen molar-refractivity contribution in [2.24, 2.45) is 23.2 Å². The summed E-state index contributed by atoms with van der Waals surface area (Å²) in [5.74, 6) is 4.40. The average molecular weight is 465 g/mol. The van der Waals surface area contributed by atoms with E-state index in [0.29, 0.717) is 23.2 Å². The summed E-state index contributed by atoms with van der Waals surface area (Å²) in [5.41, 5.74) is 4.33. The van der Waals surface area contributed by atoms with Gasteiger partial charge in [0.05, 0.1) is 15.7 Å². The van der Waals surface area contributed by atoms with Crippen molar-refractivity contribution in [2.45, 2.75) is 33.1 Å². The molecule has 0 radical (unpaired) electrons. The minimum absolute atomic E-state index is 0.484. The van der Waals surface area contributed by atoms with Gasteiger partial charge in [-0.1, -0.05) is 13.8 Å². The molecule has 4 fully saturated rings. The van der Waals surface area contributed by atoms with E-state index < -0.39 is 0 Å². The molecule has 33 heavy (non-hydrogen) atoms. The first-order valence-corrected chi connectivity index (χ1v) is 13.0. The third kappa shape index (κ3) is 4.01. The minimum Gasteiger partial charge on any atom is -0.354 e. The molecule has 2 aromatic heterocycles. The van der Waals surface area contributed by atoms with Gasteiger partial charge in [0.25, 0.3) is 0 Å². The van der Waals surface area contributed by atoms with Crippen LogP contribution in [0.1, 0.15) is 33.1 Å². The third-order valence-corrected chi connectivity index (χ3v) is 8.93. The zero-order valence-corrected chi connectivity index (χ0v) is 20.2.